The van der Waals surface area contributed by atoms with Crippen LogP contribution in [-0.4, -0.2) is 182 Å². The highest BCUT2D eigenvalue weighted by Crippen LogP contribution is 2.37. The van der Waals surface area contributed by atoms with Crippen LogP contribution in [0.4, 0.5) is 0 Å². The van der Waals surface area contributed by atoms with Crippen LogP contribution in [-0.2, 0) is 23.7 Å². The molecule has 2 saturated carbocycles. The van der Waals surface area contributed by atoms with Crippen molar-refractivity contribution in [2.45, 2.75) is 123 Å². The normalized spacial score (nSPS) is 46.0. The Morgan fingerprint density at radius 2 is 1.60 bits per heavy atom. The lowest BCUT2D eigenvalue weighted by atomic mass is 9.83. The van der Waals surface area contributed by atoms with Crippen molar-refractivity contribution in [1.82, 2.24) is 16.0 Å². The summed E-state index contributed by atoms with van der Waals surface area (Å²) >= 11 is 0. The molecule has 0 aromatic carbocycles. The van der Waals surface area contributed by atoms with Crippen molar-refractivity contribution in [3.05, 3.63) is 0 Å². The molecule has 0 aromatic heterocycles. The third-order valence-electron chi connectivity index (χ3n) is 9.05. The highest BCUT2D eigenvalue weighted by Gasteiger charge is 2.61. The summed E-state index contributed by atoms with van der Waals surface area (Å²) in [6.45, 7) is -1.07. The lowest BCUT2D eigenvalue weighted by Gasteiger charge is -2.48. The van der Waals surface area contributed by atoms with Crippen molar-refractivity contribution in [2.75, 3.05) is 26.3 Å². The third-order valence-corrected chi connectivity index (χ3v) is 9.05. The molecule has 21 nitrogen and oxygen atoms in total. The van der Waals surface area contributed by atoms with Gasteiger partial charge in [-0.1, -0.05) is 0 Å². The van der Waals surface area contributed by atoms with Crippen LogP contribution in [0.15, 0.2) is 0 Å². The van der Waals surface area contributed by atoms with Gasteiger partial charge in [0.25, 0.3) is 5.91 Å². The van der Waals surface area contributed by atoms with Crippen LogP contribution in [0.1, 0.15) is 19.3 Å². The van der Waals surface area contributed by atoms with E-state index in [1.54, 1.807) is 0 Å². The molecule has 20 N–H and O–H groups in total. The first-order valence-corrected chi connectivity index (χ1v) is 15.5. The minimum absolute atomic E-state index is 0.0204. The molecular weight excluding hydrogens is 632 g/mol. The first kappa shape index (κ1) is 37.9. The van der Waals surface area contributed by atoms with Gasteiger partial charge in [-0.2, -0.15) is 0 Å². The van der Waals surface area contributed by atoms with Gasteiger partial charge < -0.3 is 98.7 Å². The van der Waals surface area contributed by atoms with E-state index in [1.807, 2.05) is 0 Å². The fraction of sp³-hybridized carbons (Fsp3) is 0.923. The van der Waals surface area contributed by atoms with Crippen LogP contribution >= 0.6 is 0 Å². The minimum atomic E-state index is -1.94. The van der Waals surface area contributed by atoms with Gasteiger partial charge in [0.05, 0.1) is 55.7 Å². The first-order chi connectivity index (χ1) is 22.1. The Hall–Kier alpha value is -1.90. The molecule has 272 valence electrons. The molecule has 2 aliphatic carbocycles. The Labute approximate surface area is 270 Å². The molecule has 2 saturated heterocycles. The van der Waals surface area contributed by atoms with E-state index in [-0.39, 0.29) is 32.4 Å². The predicted octanol–water partition coefficient (Wildman–Crippen LogP) is -9.17. The number of nitrogens with two attached hydrogens (primary N) is 4. The zero-order valence-corrected chi connectivity index (χ0v) is 25.6. The van der Waals surface area contributed by atoms with E-state index in [1.165, 1.54) is 0 Å². The SMILES string of the molecule is N=C(N)NC1CC1(O)C(=O)N[C@@H]1C[C@H](N)[C@@H](O[C@H]2O[C@H](CNCC(O)CO)[C@@H](O)C[C@H]2N)[C@H](O)[C@H]1O[C@H]1O[C@H](CO)[C@@H](O)[C@H](N)[C@H]1O. The summed E-state index contributed by atoms with van der Waals surface area (Å²) in [4.78, 5) is 13.2. The largest absolute Gasteiger partial charge is 0.394 e. The van der Waals surface area contributed by atoms with Gasteiger partial charge in [0.15, 0.2) is 24.1 Å². The topological polar surface area (TPSA) is 380 Å². The Bertz CT molecular complexity index is 1070. The van der Waals surface area contributed by atoms with E-state index < -0.39 is 128 Å². The number of ether oxygens (including phenoxy) is 4. The number of carbonyl (C=O) groups is 1. The minimum Gasteiger partial charge on any atom is -0.394 e. The lowest BCUT2D eigenvalue weighted by Crippen LogP contribution is -2.69. The number of aliphatic hydroxyl groups is 8. The van der Waals surface area contributed by atoms with Crippen molar-refractivity contribution in [1.29, 1.82) is 5.41 Å². The van der Waals surface area contributed by atoms with Gasteiger partial charge in [-0.3, -0.25) is 10.2 Å². The maximum Gasteiger partial charge on any atom is 0.254 e. The standard InChI is InChI=1S/C26H50N8O13/c27-9-1-11(33-24(42)26(43)3-15(26)34-25(30)31)21(47-23-18(40)16(29)17(39)14(7-36)45-23)19(41)20(9)46-22-10(28)2-12(38)13(44-22)5-32-4-8(37)6-35/h8-23,32,35-41,43H,1-7,27-29H2,(H,33,42)(H4,30,31,34)/t8?,9-,10+,11+,12-,13+,14+,15?,16-,17+,18+,19-,20+,21-,22+,23+,26?/m0/s1. The zero-order valence-electron chi connectivity index (χ0n) is 25.6. The van der Waals surface area contributed by atoms with E-state index in [0.29, 0.717) is 0 Å². The van der Waals surface area contributed by atoms with Crippen LogP contribution in [0, 0.1) is 5.41 Å². The van der Waals surface area contributed by atoms with Gasteiger partial charge >= 0.3 is 0 Å². The molecular formula is C26H50N8O13. The number of amides is 1. The van der Waals surface area contributed by atoms with Crippen LogP contribution in [0.3, 0.4) is 0 Å². The average molecular weight is 683 g/mol. The summed E-state index contributed by atoms with van der Waals surface area (Å²) in [7, 11) is 0. The van der Waals surface area contributed by atoms with Gasteiger partial charge in [-0.25, -0.2) is 0 Å². The molecule has 4 rings (SSSR count). The number of guanidine groups is 1. The molecule has 0 radical (unpaired) electrons. The summed E-state index contributed by atoms with van der Waals surface area (Å²) in [5.41, 5.74) is 21.9. The smallest absolute Gasteiger partial charge is 0.254 e. The Balaban J connectivity index is 1.51. The van der Waals surface area contributed by atoms with Gasteiger partial charge in [0.1, 0.15) is 36.6 Å². The summed E-state index contributed by atoms with van der Waals surface area (Å²) < 4.78 is 23.5. The molecule has 4 aliphatic rings. The van der Waals surface area contributed by atoms with Crippen LogP contribution < -0.4 is 38.9 Å². The monoisotopic (exact) mass is 682 g/mol. The molecule has 0 spiro atoms. The first-order valence-electron chi connectivity index (χ1n) is 15.5. The van der Waals surface area contributed by atoms with Crippen molar-refractivity contribution < 1.29 is 64.6 Å². The molecule has 21 heteroatoms. The summed E-state index contributed by atoms with van der Waals surface area (Å²) in [6, 6.07) is -5.16. The number of hydrogen-bond acceptors (Lipinski definition) is 18. The molecule has 2 heterocycles. The number of hydrogen-bond donors (Lipinski definition) is 16. The fourth-order valence-corrected chi connectivity index (χ4v) is 6.11. The molecule has 0 aromatic rings. The van der Waals surface area contributed by atoms with Gasteiger partial charge in [-0.05, 0) is 12.8 Å². The van der Waals surface area contributed by atoms with E-state index in [2.05, 4.69) is 16.0 Å². The molecule has 3 unspecified atom stereocenters. The van der Waals surface area contributed by atoms with Crippen LogP contribution in [0.5, 0.6) is 0 Å². The highest BCUT2D eigenvalue weighted by molar-refractivity contribution is 5.91. The zero-order chi connectivity index (χ0) is 34.8. The second-order valence-electron chi connectivity index (χ2n) is 12.7. The van der Waals surface area contributed by atoms with E-state index in [9.17, 15) is 40.5 Å². The molecule has 47 heavy (non-hydrogen) atoms. The summed E-state index contributed by atoms with van der Waals surface area (Å²) in [6.07, 6.45) is -14.6. The Morgan fingerprint density at radius 1 is 0.936 bits per heavy atom. The summed E-state index contributed by atoms with van der Waals surface area (Å²) in [5.74, 6) is -1.33. The lowest BCUT2D eigenvalue weighted by molar-refractivity contribution is -0.316. The quantitative estimate of drug-likeness (QED) is 0.0633. The molecule has 2 aliphatic heterocycles. The molecule has 0 bridgehead atoms. The Morgan fingerprint density at radius 3 is 2.23 bits per heavy atom. The second-order valence-corrected chi connectivity index (χ2v) is 12.7. The van der Waals surface area contributed by atoms with Gasteiger partial charge in [0, 0.05) is 25.6 Å². The molecule has 17 atom stereocenters. The van der Waals surface area contributed by atoms with E-state index in [4.69, 9.17) is 52.4 Å². The van der Waals surface area contributed by atoms with Crippen molar-refractivity contribution in [3.8, 4) is 0 Å². The van der Waals surface area contributed by atoms with Crippen molar-refractivity contribution in [2.24, 2.45) is 22.9 Å². The number of nitrogens with one attached hydrogen (secondary N) is 4. The number of rotatable bonds is 13. The molecule has 1 amide bonds. The van der Waals surface area contributed by atoms with Gasteiger partial charge in [0.2, 0.25) is 0 Å². The van der Waals surface area contributed by atoms with Crippen LogP contribution in [0.25, 0.3) is 0 Å². The maximum atomic E-state index is 13.2. The second kappa shape index (κ2) is 15.8. The van der Waals surface area contributed by atoms with Crippen molar-refractivity contribution >= 4 is 11.9 Å². The average Bonchev–Trinajstić information content (AvgIpc) is 3.67. The summed E-state index contributed by atoms with van der Waals surface area (Å²) in [5, 5.41) is 97.5. The van der Waals surface area contributed by atoms with Crippen molar-refractivity contribution in [3.63, 3.8) is 0 Å². The molecule has 4 fully saturated rings. The maximum absolute atomic E-state index is 13.2. The van der Waals surface area contributed by atoms with E-state index >= 15 is 0 Å². The highest BCUT2D eigenvalue weighted by atomic mass is 16.7. The number of aliphatic hydroxyl groups excluding tert-OH is 7. The fourth-order valence-electron chi connectivity index (χ4n) is 6.11. The number of carbonyl (C=O) groups excluding carboxylic acids is 1. The van der Waals surface area contributed by atoms with E-state index in [0.717, 1.165) is 0 Å². The third kappa shape index (κ3) is 8.64. The van der Waals surface area contributed by atoms with Gasteiger partial charge in [-0.15, -0.1) is 0 Å². The van der Waals surface area contributed by atoms with Crippen LogP contribution in [0.2, 0.25) is 0 Å². The Kier molecular flexibility index (Phi) is 12.7. The predicted molar refractivity (Wildman–Crippen MR) is 158 cm³/mol.